The van der Waals surface area contributed by atoms with Gasteiger partial charge in [-0.2, -0.15) is 0 Å². The second kappa shape index (κ2) is 6.76. The van der Waals surface area contributed by atoms with Crippen molar-refractivity contribution in [1.29, 1.82) is 0 Å². The van der Waals surface area contributed by atoms with Crippen LogP contribution in [-0.4, -0.2) is 52.6 Å². The summed E-state index contributed by atoms with van der Waals surface area (Å²) in [4.78, 5) is 18.6. The lowest BCUT2D eigenvalue weighted by molar-refractivity contribution is 0.0704. The van der Waals surface area contributed by atoms with Gasteiger partial charge in [-0.15, -0.1) is 0 Å². The fourth-order valence-corrected chi connectivity index (χ4v) is 2.68. The van der Waals surface area contributed by atoms with Crippen LogP contribution in [0, 0.1) is 0 Å². The molecule has 2 heterocycles. The Labute approximate surface area is 125 Å². The van der Waals surface area contributed by atoms with Crippen molar-refractivity contribution in [3.8, 4) is 5.75 Å². The van der Waals surface area contributed by atoms with Crippen molar-refractivity contribution in [1.82, 2.24) is 15.2 Å². The number of amides is 1. The van der Waals surface area contributed by atoms with E-state index in [-0.39, 0.29) is 23.7 Å². The smallest absolute Gasteiger partial charge is 0.257 e. The summed E-state index contributed by atoms with van der Waals surface area (Å²) in [6.45, 7) is 8.30. The van der Waals surface area contributed by atoms with Crippen molar-refractivity contribution in [2.24, 2.45) is 0 Å². The Morgan fingerprint density at radius 3 is 2.90 bits per heavy atom. The molecule has 0 bridgehead atoms. The first-order chi connectivity index (χ1) is 10.0. The molecule has 1 aliphatic heterocycles. The zero-order valence-corrected chi connectivity index (χ0v) is 12.9. The van der Waals surface area contributed by atoms with Gasteiger partial charge in [0.15, 0.2) is 5.75 Å². The molecule has 6 nitrogen and oxygen atoms in total. The van der Waals surface area contributed by atoms with E-state index >= 15 is 0 Å². The fourth-order valence-electron chi connectivity index (χ4n) is 2.68. The molecule has 2 rings (SSSR count). The molecule has 1 aromatic heterocycles. The Kier molecular flexibility index (Phi) is 5.01. The lowest BCUT2D eigenvalue weighted by Gasteiger charge is -2.28. The third-order valence-electron chi connectivity index (χ3n) is 3.67. The SMILES string of the molecule is CCN(C(=O)c1cncc(O)c1NC(C)C)C1CCNC1. The van der Waals surface area contributed by atoms with Gasteiger partial charge in [-0.3, -0.25) is 9.78 Å². The summed E-state index contributed by atoms with van der Waals surface area (Å²) in [6.07, 6.45) is 3.84. The molecular weight excluding hydrogens is 268 g/mol. The van der Waals surface area contributed by atoms with Crippen molar-refractivity contribution >= 4 is 11.6 Å². The summed E-state index contributed by atoms with van der Waals surface area (Å²) in [7, 11) is 0. The van der Waals surface area contributed by atoms with E-state index in [1.54, 1.807) is 0 Å². The molecule has 3 N–H and O–H groups in total. The van der Waals surface area contributed by atoms with Crippen molar-refractivity contribution < 1.29 is 9.90 Å². The maximum Gasteiger partial charge on any atom is 0.257 e. The van der Waals surface area contributed by atoms with Crippen LogP contribution in [0.2, 0.25) is 0 Å². The lowest BCUT2D eigenvalue weighted by atomic mass is 10.1. The molecule has 0 radical (unpaired) electrons. The van der Waals surface area contributed by atoms with Crippen molar-refractivity contribution in [3.63, 3.8) is 0 Å². The van der Waals surface area contributed by atoms with Gasteiger partial charge < -0.3 is 20.6 Å². The highest BCUT2D eigenvalue weighted by molar-refractivity contribution is 6.00. The number of aromatic nitrogens is 1. The topological polar surface area (TPSA) is 77.5 Å². The standard InChI is InChI=1S/C15H24N4O2/c1-4-19(11-5-6-16-7-11)15(21)12-8-17-9-13(20)14(12)18-10(2)3/h8-11,16,20H,4-7H2,1-3H3,(H,17,18). The van der Waals surface area contributed by atoms with Crippen molar-refractivity contribution in [3.05, 3.63) is 18.0 Å². The first-order valence-corrected chi connectivity index (χ1v) is 7.49. The molecule has 1 amide bonds. The van der Waals surface area contributed by atoms with Gasteiger partial charge in [0.2, 0.25) is 0 Å². The molecule has 1 saturated heterocycles. The van der Waals surface area contributed by atoms with E-state index < -0.39 is 0 Å². The van der Waals surface area contributed by atoms with Crippen LogP contribution < -0.4 is 10.6 Å². The van der Waals surface area contributed by atoms with Crippen LogP contribution in [0.15, 0.2) is 12.4 Å². The molecule has 0 saturated carbocycles. The molecule has 0 spiro atoms. The Hall–Kier alpha value is -1.82. The molecule has 0 aliphatic carbocycles. The summed E-state index contributed by atoms with van der Waals surface area (Å²) in [5, 5.41) is 16.4. The number of rotatable bonds is 5. The van der Waals surface area contributed by atoms with Crippen LogP contribution >= 0.6 is 0 Å². The second-order valence-electron chi connectivity index (χ2n) is 5.62. The minimum absolute atomic E-state index is 0.00940. The average molecular weight is 292 g/mol. The number of nitrogens with one attached hydrogen (secondary N) is 2. The summed E-state index contributed by atoms with van der Waals surface area (Å²) >= 11 is 0. The van der Waals surface area contributed by atoms with Gasteiger partial charge in [0, 0.05) is 31.4 Å². The normalized spacial score (nSPS) is 18.0. The van der Waals surface area contributed by atoms with Crippen molar-refractivity contribution in [2.75, 3.05) is 25.0 Å². The molecule has 116 valence electrons. The van der Waals surface area contributed by atoms with Crippen LogP contribution in [0.4, 0.5) is 5.69 Å². The van der Waals surface area contributed by atoms with Gasteiger partial charge in [0.25, 0.3) is 5.91 Å². The number of nitrogens with zero attached hydrogens (tertiary/aromatic N) is 2. The lowest BCUT2D eigenvalue weighted by Crippen LogP contribution is -2.41. The van der Waals surface area contributed by atoms with Crippen molar-refractivity contribution in [2.45, 2.75) is 39.3 Å². The largest absolute Gasteiger partial charge is 0.504 e. The van der Waals surface area contributed by atoms with E-state index in [1.807, 2.05) is 25.7 Å². The van der Waals surface area contributed by atoms with E-state index in [4.69, 9.17) is 0 Å². The number of hydrogen-bond donors (Lipinski definition) is 3. The summed E-state index contributed by atoms with van der Waals surface area (Å²) in [5.74, 6) is -0.0760. The highest BCUT2D eigenvalue weighted by Gasteiger charge is 2.28. The Morgan fingerprint density at radius 1 is 1.57 bits per heavy atom. The summed E-state index contributed by atoms with van der Waals surface area (Å²) in [5.41, 5.74) is 0.895. The Bertz CT molecular complexity index is 498. The first kappa shape index (κ1) is 15.6. The highest BCUT2D eigenvalue weighted by Crippen LogP contribution is 2.28. The van der Waals surface area contributed by atoms with Gasteiger partial charge in [-0.25, -0.2) is 0 Å². The molecule has 1 unspecified atom stereocenters. The summed E-state index contributed by atoms with van der Waals surface area (Å²) < 4.78 is 0. The molecule has 21 heavy (non-hydrogen) atoms. The van der Waals surface area contributed by atoms with Crippen LogP contribution in [0.3, 0.4) is 0 Å². The minimum atomic E-state index is -0.0854. The number of carbonyl (C=O) groups is 1. The Morgan fingerprint density at radius 2 is 2.33 bits per heavy atom. The fraction of sp³-hybridized carbons (Fsp3) is 0.600. The number of pyridine rings is 1. The van der Waals surface area contributed by atoms with E-state index in [1.165, 1.54) is 12.4 Å². The Balaban J connectivity index is 2.30. The van der Waals surface area contributed by atoms with Gasteiger partial charge in [-0.05, 0) is 33.7 Å². The van der Waals surface area contributed by atoms with E-state index in [9.17, 15) is 9.90 Å². The molecule has 1 fully saturated rings. The van der Waals surface area contributed by atoms with Gasteiger partial charge in [0.1, 0.15) is 0 Å². The van der Waals surface area contributed by atoms with Crippen LogP contribution in [0.5, 0.6) is 5.75 Å². The molecule has 1 aromatic rings. The van der Waals surface area contributed by atoms with Crippen LogP contribution in [-0.2, 0) is 0 Å². The predicted molar refractivity (Wildman–Crippen MR) is 82.6 cm³/mol. The predicted octanol–water partition coefficient (Wildman–Crippen LogP) is 1.43. The van der Waals surface area contributed by atoms with Gasteiger partial charge in [-0.1, -0.05) is 0 Å². The monoisotopic (exact) mass is 292 g/mol. The number of carbonyl (C=O) groups excluding carboxylic acids is 1. The number of anilines is 1. The maximum absolute atomic E-state index is 12.8. The second-order valence-corrected chi connectivity index (χ2v) is 5.62. The number of hydrogen-bond acceptors (Lipinski definition) is 5. The number of aromatic hydroxyl groups is 1. The molecule has 6 heteroatoms. The minimum Gasteiger partial charge on any atom is -0.504 e. The summed E-state index contributed by atoms with van der Waals surface area (Å²) in [6, 6.07) is 0.324. The van der Waals surface area contributed by atoms with E-state index in [0.29, 0.717) is 17.8 Å². The van der Waals surface area contributed by atoms with Crippen LogP contribution in [0.1, 0.15) is 37.6 Å². The van der Waals surface area contributed by atoms with Gasteiger partial charge in [0.05, 0.1) is 17.4 Å². The average Bonchev–Trinajstić information content (AvgIpc) is 2.95. The highest BCUT2D eigenvalue weighted by atomic mass is 16.3. The third-order valence-corrected chi connectivity index (χ3v) is 3.67. The zero-order chi connectivity index (χ0) is 15.4. The van der Waals surface area contributed by atoms with Gasteiger partial charge >= 0.3 is 0 Å². The molecule has 1 atom stereocenters. The molecule has 1 aliphatic rings. The van der Waals surface area contributed by atoms with E-state index in [2.05, 4.69) is 15.6 Å². The number of likely N-dealkylation sites (N-methyl/N-ethyl adjacent to an activating group) is 1. The third kappa shape index (κ3) is 3.44. The molecule has 0 aromatic carbocycles. The first-order valence-electron chi connectivity index (χ1n) is 7.49. The quantitative estimate of drug-likeness (QED) is 0.765. The molecular formula is C15H24N4O2. The zero-order valence-electron chi connectivity index (χ0n) is 12.9. The maximum atomic E-state index is 12.8. The van der Waals surface area contributed by atoms with Crippen LogP contribution in [0.25, 0.3) is 0 Å². The van der Waals surface area contributed by atoms with E-state index in [0.717, 1.165) is 19.5 Å².